The summed E-state index contributed by atoms with van der Waals surface area (Å²) in [7, 11) is 0. The number of pyridine rings is 1. The Morgan fingerprint density at radius 2 is 1.08 bits per heavy atom. The van der Waals surface area contributed by atoms with Crippen LogP contribution in [0, 0.1) is 6.33 Å². The molecule has 0 aliphatic rings. The second-order valence-electron chi connectivity index (χ2n) is 19.5. The average molecular weight is 975 g/mol. The second-order valence-corrected chi connectivity index (χ2v) is 19.5. The number of nitrogens with zero attached hydrogens (tertiary/aromatic N) is 4. The zero-order valence-electron chi connectivity index (χ0n) is 51.2. The highest BCUT2D eigenvalue weighted by atomic mass is 16.5. The van der Waals surface area contributed by atoms with Gasteiger partial charge in [0.25, 0.3) is 6.33 Å². The minimum absolute atomic E-state index is 0.141. The topological polar surface area (TPSA) is 35.9 Å². The van der Waals surface area contributed by atoms with E-state index in [1.54, 1.807) is 22.8 Å². The van der Waals surface area contributed by atoms with Crippen LogP contribution in [0.3, 0.4) is 0 Å². The maximum atomic E-state index is 9.16. The van der Waals surface area contributed by atoms with Gasteiger partial charge in [0, 0.05) is 28.6 Å². The van der Waals surface area contributed by atoms with Crippen LogP contribution in [0.15, 0.2) is 261 Å². The van der Waals surface area contributed by atoms with E-state index >= 15 is 0 Å². The largest absolute Gasteiger partial charge is 0.457 e. The Bertz CT molecular complexity index is 4660. The molecule has 0 N–H and O–H groups in total. The molecule has 358 valence electrons. The van der Waals surface area contributed by atoms with Crippen molar-refractivity contribution >= 4 is 32.8 Å². The molecule has 13 aromatic rings. The molecule has 0 aliphatic carbocycles. The van der Waals surface area contributed by atoms with Gasteiger partial charge in [-0.05, 0) is 122 Å². The molecule has 0 spiro atoms. The number of imidazole rings is 1. The fraction of sp³-hybridized carbons (Fsp3) is 0.0571. The minimum atomic E-state index is -0.574. The van der Waals surface area contributed by atoms with E-state index in [4.69, 9.17) is 23.4 Å². The van der Waals surface area contributed by atoms with Gasteiger partial charge in [0.15, 0.2) is 0 Å². The number of fused-ring (bicyclic) bond motifs is 4. The summed E-state index contributed by atoms with van der Waals surface area (Å²) in [6.45, 7) is 6.57. The molecule has 75 heavy (non-hydrogen) atoms. The van der Waals surface area contributed by atoms with Crippen molar-refractivity contribution < 1.29 is 23.0 Å². The first-order chi connectivity index (χ1) is 41.0. The first kappa shape index (κ1) is 35.5. The summed E-state index contributed by atoms with van der Waals surface area (Å²) >= 11 is 0. The third-order valence-electron chi connectivity index (χ3n) is 13.7. The van der Waals surface area contributed by atoms with Gasteiger partial charge in [0.1, 0.15) is 17.3 Å². The molecular formula is C70H52N4O. The molecule has 3 aromatic heterocycles. The lowest BCUT2D eigenvalue weighted by Crippen LogP contribution is -2.31. The summed E-state index contributed by atoms with van der Waals surface area (Å²) in [5.74, 6) is 1.81. The summed E-state index contributed by atoms with van der Waals surface area (Å²) in [4.78, 5) is 4.99. The van der Waals surface area contributed by atoms with Crippen LogP contribution in [0.25, 0.3) is 106 Å². The van der Waals surface area contributed by atoms with Gasteiger partial charge in [-0.3, -0.25) is 13.7 Å². The summed E-state index contributed by atoms with van der Waals surface area (Å²) in [6, 6.07) is 58.7. The summed E-state index contributed by atoms with van der Waals surface area (Å²) in [6.07, 6.45) is 5.38. The zero-order valence-corrected chi connectivity index (χ0v) is 41.2. The Hall–Kier alpha value is -9.58. The number of hydrogen-bond acceptors (Lipinski definition) is 2. The third kappa shape index (κ3) is 8.44. The van der Waals surface area contributed by atoms with Crippen LogP contribution in [0.2, 0.25) is 0 Å². The van der Waals surface area contributed by atoms with Gasteiger partial charge in [-0.15, -0.1) is 0 Å². The molecule has 0 fully saturated rings. The van der Waals surface area contributed by atoms with Crippen LogP contribution in [0.5, 0.6) is 11.5 Å². The Labute approximate surface area is 451 Å². The molecule has 10 aromatic carbocycles. The number of ether oxygens (including phenoxy) is 1. The van der Waals surface area contributed by atoms with Crippen molar-refractivity contribution in [2.45, 2.75) is 26.2 Å². The molecule has 0 saturated carbocycles. The van der Waals surface area contributed by atoms with Crippen LogP contribution in [0.1, 0.15) is 40.0 Å². The fourth-order valence-corrected chi connectivity index (χ4v) is 10.1. The van der Waals surface area contributed by atoms with Crippen LogP contribution >= 0.6 is 0 Å². The molecule has 5 heteroatoms. The SMILES string of the molecule is [2H]c1c([2H])c([2H])c(-c2cccc(-c3c([2H])c([2H])c([2H])c([2H])c3[2H])c2-[n+]2[c-]n(-c3cccc(Oc4cc5c(cc4-c4cc(-c6ccccc6)cc(-c6ccccc6)c4)c4ccccc4n5-c4cc(C(C)(C)C)ccn4)c3)c3ccccc32)c([2H])c1[2H]. The summed E-state index contributed by atoms with van der Waals surface area (Å²) < 4.78 is 101. The van der Waals surface area contributed by atoms with E-state index in [0.717, 1.165) is 66.6 Å². The van der Waals surface area contributed by atoms with Gasteiger partial charge >= 0.3 is 0 Å². The number of rotatable bonds is 10. The molecular weight excluding hydrogens is 913 g/mol. The van der Waals surface area contributed by atoms with E-state index < -0.39 is 60.4 Å². The van der Waals surface area contributed by atoms with Gasteiger partial charge in [-0.25, -0.2) is 4.98 Å². The lowest BCUT2D eigenvalue weighted by atomic mass is 9.88. The van der Waals surface area contributed by atoms with E-state index in [1.165, 1.54) is 0 Å². The molecule has 0 bridgehead atoms. The van der Waals surface area contributed by atoms with E-state index in [2.05, 4.69) is 117 Å². The van der Waals surface area contributed by atoms with Gasteiger partial charge in [-0.1, -0.05) is 209 Å². The van der Waals surface area contributed by atoms with Crippen molar-refractivity contribution in [1.82, 2.24) is 14.1 Å². The zero-order chi connectivity index (χ0) is 59.2. The first-order valence-corrected chi connectivity index (χ1v) is 24.8. The van der Waals surface area contributed by atoms with Gasteiger partial charge in [0.05, 0.1) is 47.1 Å². The Morgan fingerprint density at radius 3 is 1.75 bits per heavy atom. The molecule has 3 heterocycles. The van der Waals surface area contributed by atoms with Gasteiger partial charge in [0.2, 0.25) is 0 Å². The highest BCUT2D eigenvalue weighted by Crippen LogP contribution is 2.44. The molecule has 0 atom stereocenters. The number of para-hydroxylation sites is 4. The van der Waals surface area contributed by atoms with Crippen LogP contribution < -0.4 is 9.30 Å². The van der Waals surface area contributed by atoms with E-state index in [-0.39, 0.29) is 33.4 Å². The maximum Gasteiger partial charge on any atom is 0.269 e. The molecule has 13 rings (SSSR count). The standard InChI is InChI=1S/C70H52N4O/c1-70(2,3)55-38-39-71-68(43-55)74-63-35-17-16-32-60(63)62-45-61(54-41-52(48-22-8-4-9-23-48)40-53(42-54)49-24-10-5-11-25-49)67(46-66(62)74)75-57-31-20-30-56(44-57)72-47-73(65-37-19-18-36-64(65)72)69-58(50-26-12-6-13-27-50)33-21-34-59(69)51-28-14-7-15-29-51/h4-46H,1-3H3/i6D,7D,12D,13D,14D,15D,26D,27D,28D,29D. The van der Waals surface area contributed by atoms with Crippen LogP contribution in [0.4, 0.5) is 0 Å². The highest BCUT2D eigenvalue weighted by Gasteiger charge is 2.23. The molecule has 0 amide bonds. The van der Waals surface area contributed by atoms with Crippen LogP contribution in [-0.2, 0) is 5.41 Å². The van der Waals surface area contributed by atoms with Gasteiger partial charge < -0.3 is 4.74 Å². The first-order valence-electron chi connectivity index (χ1n) is 29.8. The van der Waals surface area contributed by atoms with Crippen molar-refractivity contribution in [2.24, 2.45) is 0 Å². The predicted molar refractivity (Wildman–Crippen MR) is 308 cm³/mol. The average Bonchev–Trinajstić information content (AvgIpc) is 2.30. The number of hydrogen-bond donors (Lipinski definition) is 0. The van der Waals surface area contributed by atoms with Crippen molar-refractivity contribution in [3.8, 4) is 84.3 Å². The smallest absolute Gasteiger partial charge is 0.269 e. The number of benzene rings is 10. The van der Waals surface area contributed by atoms with Gasteiger partial charge in [-0.2, -0.15) is 0 Å². The fourth-order valence-electron chi connectivity index (χ4n) is 10.1. The van der Waals surface area contributed by atoms with Crippen LogP contribution in [-0.4, -0.2) is 14.1 Å². The molecule has 0 aliphatic heterocycles. The summed E-state index contributed by atoms with van der Waals surface area (Å²) in [5.41, 5.74) is 10.8. The van der Waals surface area contributed by atoms with Crippen molar-refractivity contribution in [1.29, 1.82) is 0 Å². The normalized spacial score (nSPS) is 13.5. The highest BCUT2D eigenvalue weighted by molar-refractivity contribution is 6.11. The predicted octanol–water partition coefficient (Wildman–Crippen LogP) is 17.6. The van der Waals surface area contributed by atoms with Crippen molar-refractivity contribution in [3.63, 3.8) is 0 Å². The Balaban J connectivity index is 1.04. The monoisotopic (exact) mass is 974 g/mol. The summed E-state index contributed by atoms with van der Waals surface area (Å²) in [5, 5.41) is 2.05. The Kier molecular flexibility index (Phi) is 8.90. The lowest BCUT2D eigenvalue weighted by molar-refractivity contribution is -0.571. The third-order valence-corrected chi connectivity index (χ3v) is 13.7. The minimum Gasteiger partial charge on any atom is -0.457 e. The number of aromatic nitrogens is 4. The van der Waals surface area contributed by atoms with Crippen molar-refractivity contribution in [3.05, 3.63) is 273 Å². The lowest BCUT2D eigenvalue weighted by Gasteiger charge is -2.20. The maximum absolute atomic E-state index is 9.16. The molecule has 0 saturated heterocycles. The Morgan fingerprint density at radius 1 is 0.480 bits per heavy atom. The van der Waals surface area contributed by atoms with Crippen molar-refractivity contribution in [2.75, 3.05) is 0 Å². The second kappa shape index (κ2) is 18.8. The molecule has 0 radical (unpaired) electrons. The van der Waals surface area contributed by atoms with E-state index in [1.807, 2.05) is 102 Å². The molecule has 0 unspecified atom stereocenters. The van der Waals surface area contributed by atoms with E-state index in [9.17, 15) is 0 Å². The quantitative estimate of drug-likeness (QED) is 0.101. The molecule has 5 nitrogen and oxygen atoms in total. The van der Waals surface area contributed by atoms with E-state index in [0.29, 0.717) is 28.2 Å².